The maximum absolute atomic E-state index is 12.9. The summed E-state index contributed by atoms with van der Waals surface area (Å²) in [6, 6.07) is 6.96. The topological polar surface area (TPSA) is 181 Å². The van der Waals surface area contributed by atoms with E-state index in [0.29, 0.717) is 27.9 Å². The smallest absolute Gasteiger partial charge is 0.352 e. The quantitative estimate of drug-likeness (QED) is 0.189. The highest BCUT2D eigenvalue weighted by atomic mass is 32.2. The molecule has 0 saturated carbocycles. The van der Waals surface area contributed by atoms with Gasteiger partial charge in [0.25, 0.3) is 5.91 Å². The molecule has 2 aliphatic rings. The van der Waals surface area contributed by atoms with Crippen LogP contribution in [0.4, 0.5) is 0 Å². The van der Waals surface area contributed by atoms with Crippen LogP contribution < -0.4 is 11.1 Å². The van der Waals surface area contributed by atoms with E-state index in [4.69, 9.17) is 10.5 Å². The lowest BCUT2D eigenvalue weighted by atomic mass is 10.0. The van der Waals surface area contributed by atoms with Crippen molar-refractivity contribution in [1.82, 2.24) is 25.4 Å². The van der Waals surface area contributed by atoms with Crippen LogP contribution in [0.5, 0.6) is 0 Å². The number of amides is 2. The number of aliphatic carboxylic acids is 1. The Bertz CT molecular complexity index is 1200. The monoisotopic (exact) mass is 532 g/mol. The Morgan fingerprint density at radius 3 is 2.81 bits per heavy atom. The molecule has 2 unspecified atom stereocenters. The molecule has 0 radical (unpaired) electrons. The predicted molar refractivity (Wildman–Crippen MR) is 130 cm³/mol. The molecule has 190 valence electrons. The van der Waals surface area contributed by atoms with Gasteiger partial charge >= 0.3 is 11.9 Å². The molecule has 2 aromatic rings. The number of benzene rings is 1. The molecule has 36 heavy (non-hydrogen) atoms. The average Bonchev–Trinajstić information content (AvgIpc) is 3.32. The molecule has 0 bridgehead atoms. The zero-order valence-corrected chi connectivity index (χ0v) is 20.8. The average molecular weight is 533 g/mol. The summed E-state index contributed by atoms with van der Waals surface area (Å²) in [6.07, 6.45) is -0.0503. The number of carbonyl (C=O) groups is 4. The number of fused-ring (bicyclic) bond motifs is 1. The molecule has 1 saturated heterocycles. The number of ether oxygens (including phenoxy) is 1. The molecular weight excluding hydrogens is 508 g/mol. The van der Waals surface area contributed by atoms with Gasteiger partial charge in [0.1, 0.15) is 35.4 Å². The van der Waals surface area contributed by atoms with E-state index in [0.717, 1.165) is 0 Å². The Morgan fingerprint density at radius 1 is 1.36 bits per heavy atom. The van der Waals surface area contributed by atoms with Crippen molar-refractivity contribution in [3.63, 3.8) is 0 Å². The molecule has 14 heteroatoms. The number of nitrogens with zero attached hydrogens (tertiary/aromatic N) is 3. The molecule has 3 atom stereocenters. The SMILES string of the molecule is CCOC(=O)Cc1nc(SCC2=C(C(=O)O)N3C(=O)C(NC(=O)C(N)c4ccccc4)[C@@H]3SC2)n[nH]1. The van der Waals surface area contributed by atoms with E-state index < -0.39 is 41.2 Å². The number of nitrogens with one attached hydrogen (secondary N) is 2. The van der Waals surface area contributed by atoms with Crippen LogP contribution in [0, 0.1) is 0 Å². The molecule has 12 nitrogen and oxygen atoms in total. The fraction of sp³-hybridized carbons (Fsp3) is 0.364. The Balaban J connectivity index is 1.40. The fourth-order valence-corrected chi connectivity index (χ4v) is 6.07. The lowest BCUT2D eigenvalue weighted by molar-refractivity contribution is -0.150. The van der Waals surface area contributed by atoms with Crippen LogP contribution >= 0.6 is 23.5 Å². The predicted octanol–water partition coefficient (Wildman–Crippen LogP) is 0.441. The molecule has 1 aromatic heterocycles. The van der Waals surface area contributed by atoms with Crippen LogP contribution in [-0.4, -0.2) is 78.5 Å². The van der Waals surface area contributed by atoms with Gasteiger partial charge in [-0.15, -0.1) is 16.9 Å². The van der Waals surface area contributed by atoms with Crippen molar-refractivity contribution >= 4 is 47.3 Å². The first-order valence-electron chi connectivity index (χ1n) is 11.0. The molecule has 0 spiro atoms. The number of carboxylic acid groups (broad SMARTS) is 1. The van der Waals surface area contributed by atoms with E-state index in [9.17, 15) is 24.3 Å². The van der Waals surface area contributed by atoms with Gasteiger partial charge in [-0.1, -0.05) is 42.1 Å². The molecule has 2 amide bonds. The summed E-state index contributed by atoms with van der Waals surface area (Å²) in [5.41, 5.74) is 7.07. The van der Waals surface area contributed by atoms with Crippen LogP contribution in [0.3, 0.4) is 0 Å². The third-order valence-electron chi connectivity index (χ3n) is 5.49. The first-order chi connectivity index (χ1) is 17.3. The Hall–Kier alpha value is -3.36. The Kier molecular flexibility index (Phi) is 7.96. The number of nitrogens with two attached hydrogens (primary N) is 1. The minimum atomic E-state index is -1.23. The highest BCUT2D eigenvalue weighted by Gasteiger charge is 2.54. The maximum atomic E-state index is 12.9. The van der Waals surface area contributed by atoms with E-state index in [1.165, 1.54) is 28.4 Å². The summed E-state index contributed by atoms with van der Waals surface area (Å²) in [5.74, 6) is -1.75. The number of hydrogen-bond acceptors (Lipinski definition) is 10. The zero-order chi connectivity index (χ0) is 25.8. The minimum Gasteiger partial charge on any atom is -0.477 e. The van der Waals surface area contributed by atoms with Gasteiger partial charge in [-0.3, -0.25) is 24.4 Å². The number of hydrogen-bond donors (Lipinski definition) is 4. The van der Waals surface area contributed by atoms with E-state index in [1.807, 2.05) is 0 Å². The van der Waals surface area contributed by atoms with Crippen molar-refractivity contribution < 1.29 is 29.0 Å². The van der Waals surface area contributed by atoms with Crippen LogP contribution in [0.2, 0.25) is 0 Å². The molecule has 4 rings (SSSR count). The summed E-state index contributed by atoms with van der Waals surface area (Å²) in [7, 11) is 0. The van der Waals surface area contributed by atoms with Gasteiger partial charge in [0.05, 0.1) is 6.61 Å². The molecule has 2 aliphatic heterocycles. The summed E-state index contributed by atoms with van der Waals surface area (Å²) >= 11 is 2.55. The van der Waals surface area contributed by atoms with Crippen molar-refractivity contribution in [3.05, 3.63) is 53.0 Å². The van der Waals surface area contributed by atoms with Crippen LogP contribution in [-0.2, 0) is 30.3 Å². The number of thioether (sulfide) groups is 2. The standard InChI is InChI=1S/C22H24N6O6S2/c1-2-34-14(29)8-13-24-22(27-26-13)36-10-12-9-35-20-16(19(31)28(20)17(12)21(32)33)25-18(30)15(23)11-6-4-3-5-7-11/h3-7,15-16,20H,2,8-10,23H2,1H3,(H,25,30)(H,32,33)(H,24,26,27)/t15?,16?,20-/m0/s1. The summed E-state index contributed by atoms with van der Waals surface area (Å²) in [5, 5.41) is 19.0. The number of aromatic amines is 1. The highest BCUT2D eigenvalue weighted by molar-refractivity contribution is 8.01. The van der Waals surface area contributed by atoms with Crippen LogP contribution in [0.1, 0.15) is 24.4 Å². The van der Waals surface area contributed by atoms with Gasteiger partial charge in [-0.25, -0.2) is 9.78 Å². The lowest BCUT2D eigenvalue weighted by Gasteiger charge is -2.49. The van der Waals surface area contributed by atoms with E-state index in [-0.39, 0.29) is 24.5 Å². The number of aromatic nitrogens is 3. The Morgan fingerprint density at radius 2 is 2.11 bits per heavy atom. The number of esters is 1. The van der Waals surface area contributed by atoms with E-state index in [2.05, 4.69) is 20.5 Å². The van der Waals surface area contributed by atoms with Gasteiger partial charge in [0, 0.05) is 11.5 Å². The number of rotatable bonds is 10. The third-order valence-corrected chi connectivity index (χ3v) is 7.77. The van der Waals surface area contributed by atoms with E-state index in [1.54, 1.807) is 37.3 Å². The van der Waals surface area contributed by atoms with Crippen molar-refractivity contribution in [2.45, 2.75) is 36.0 Å². The van der Waals surface area contributed by atoms with Gasteiger partial charge in [0.2, 0.25) is 11.1 Å². The largest absolute Gasteiger partial charge is 0.477 e. The molecular formula is C22H24N6O6S2. The first-order valence-corrected chi connectivity index (χ1v) is 13.0. The lowest BCUT2D eigenvalue weighted by Crippen LogP contribution is -2.71. The second-order valence-corrected chi connectivity index (χ2v) is 9.92. The number of β-lactam (4-membered cyclic amide) rings is 1. The zero-order valence-electron chi connectivity index (χ0n) is 19.2. The number of carbonyl (C=O) groups excluding carboxylic acids is 3. The van der Waals surface area contributed by atoms with Crippen molar-refractivity contribution in [2.24, 2.45) is 5.73 Å². The van der Waals surface area contributed by atoms with Crippen molar-refractivity contribution in [2.75, 3.05) is 18.1 Å². The number of carboxylic acids is 1. The highest BCUT2D eigenvalue weighted by Crippen LogP contribution is 2.41. The van der Waals surface area contributed by atoms with Crippen molar-refractivity contribution in [1.29, 1.82) is 0 Å². The number of H-pyrrole nitrogens is 1. The normalized spacial score (nSPS) is 19.8. The van der Waals surface area contributed by atoms with Gasteiger partial charge in [0.15, 0.2) is 0 Å². The summed E-state index contributed by atoms with van der Waals surface area (Å²) in [6.45, 7) is 1.97. The maximum Gasteiger partial charge on any atom is 0.352 e. The molecule has 1 aromatic carbocycles. The summed E-state index contributed by atoms with van der Waals surface area (Å²) in [4.78, 5) is 54.5. The van der Waals surface area contributed by atoms with Gasteiger partial charge in [-0.05, 0) is 18.1 Å². The van der Waals surface area contributed by atoms with E-state index >= 15 is 0 Å². The summed E-state index contributed by atoms with van der Waals surface area (Å²) < 4.78 is 4.88. The molecule has 1 fully saturated rings. The second kappa shape index (κ2) is 11.1. The van der Waals surface area contributed by atoms with Gasteiger partial charge in [-0.2, -0.15) is 0 Å². The second-order valence-electron chi connectivity index (χ2n) is 7.88. The fourth-order valence-electron chi connectivity index (χ4n) is 3.77. The minimum absolute atomic E-state index is 0.0503. The third kappa shape index (κ3) is 5.39. The van der Waals surface area contributed by atoms with Crippen LogP contribution in [0.25, 0.3) is 0 Å². The Labute approximate surface area is 214 Å². The first kappa shape index (κ1) is 25.7. The molecule has 0 aliphatic carbocycles. The van der Waals surface area contributed by atoms with Crippen molar-refractivity contribution in [3.8, 4) is 0 Å². The molecule has 3 heterocycles. The molecule has 5 N–H and O–H groups in total. The van der Waals surface area contributed by atoms with Crippen LogP contribution in [0.15, 0.2) is 46.8 Å². The van der Waals surface area contributed by atoms with Gasteiger partial charge < -0.3 is 20.9 Å².